The maximum atomic E-state index is 12.6. The standard InChI is InChI=1S/C16H21NO3/c1-2-10-17(12-14(18)19)15(20)16(8-9-16)11-13-6-4-3-5-7-13/h3-7H,2,8-12H2,1H3,(H,18,19). The maximum absolute atomic E-state index is 12.6. The summed E-state index contributed by atoms with van der Waals surface area (Å²) in [6.45, 7) is 2.28. The van der Waals surface area contributed by atoms with Gasteiger partial charge in [-0.3, -0.25) is 9.59 Å². The summed E-state index contributed by atoms with van der Waals surface area (Å²) < 4.78 is 0. The summed E-state index contributed by atoms with van der Waals surface area (Å²) in [5, 5.41) is 8.94. The molecule has 1 saturated carbocycles. The van der Waals surface area contributed by atoms with Gasteiger partial charge in [0.05, 0.1) is 5.41 Å². The average molecular weight is 275 g/mol. The molecule has 0 radical (unpaired) electrons. The summed E-state index contributed by atoms with van der Waals surface area (Å²) in [6, 6.07) is 9.94. The molecule has 0 bridgehead atoms. The van der Waals surface area contributed by atoms with Crippen LogP contribution in [0.5, 0.6) is 0 Å². The largest absolute Gasteiger partial charge is 0.480 e. The summed E-state index contributed by atoms with van der Waals surface area (Å²) in [7, 11) is 0. The zero-order valence-electron chi connectivity index (χ0n) is 11.8. The van der Waals surface area contributed by atoms with Crippen molar-refractivity contribution in [1.29, 1.82) is 0 Å². The number of aliphatic carboxylic acids is 1. The Morgan fingerprint density at radius 2 is 1.90 bits per heavy atom. The van der Waals surface area contributed by atoms with E-state index in [4.69, 9.17) is 5.11 Å². The highest BCUT2D eigenvalue weighted by molar-refractivity contribution is 5.88. The predicted octanol–water partition coefficient (Wildman–Crippen LogP) is 2.33. The molecule has 1 fully saturated rings. The third-order valence-electron chi connectivity index (χ3n) is 3.80. The molecule has 108 valence electrons. The number of benzene rings is 1. The molecule has 1 aromatic carbocycles. The van der Waals surface area contributed by atoms with Crippen LogP contribution in [0.4, 0.5) is 0 Å². The first-order valence-electron chi connectivity index (χ1n) is 7.12. The smallest absolute Gasteiger partial charge is 0.323 e. The van der Waals surface area contributed by atoms with E-state index in [1.807, 2.05) is 37.3 Å². The van der Waals surface area contributed by atoms with Gasteiger partial charge in [-0.05, 0) is 31.2 Å². The fourth-order valence-corrected chi connectivity index (χ4v) is 2.62. The fourth-order valence-electron chi connectivity index (χ4n) is 2.62. The molecule has 1 aromatic rings. The zero-order valence-corrected chi connectivity index (χ0v) is 11.8. The Bertz CT molecular complexity index is 480. The Balaban J connectivity index is 2.07. The highest BCUT2D eigenvalue weighted by atomic mass is 16.4. The van der Waals surface area contributed by atoms with Crippen molar-refractivity contribution in [1.82, 2.24) is 4.90 Å². The first-order chi connectivity index (χ1) is 9.57. The van der Waals surface area contributed by atoms with E-state index in [2.05, 4.69) is 0 Å². The minimum absolute atomic E-state index is 0.00519. The van der Waals surface area contributed by atoms with Crippen LogP contribution in [-0.2, 0) is 16.0 Å². The topological polar surface area (TPSA) is 57.6 Å². The number of rotatable bonds is 7. The molecule has 0 aromatic heterocycles. The van der Waals surface area contributed by atoms with Crippen molar-refractivity contribution in [3.8, 4) is 0 Å². The van der Waals surface area contributed by atoms with Crippen molar-refractivity contribution in [2.24, 2.45) is 5.41 Å². The van der Waals surface area contributed by atoms with Gasteiger partial charge in [0.1, 0.15) is 6.54 Å². The first-order valence-corrected chi connectivity index (χ1v) is 7.12. The number of carboxylic acids is 1. The second-order valence-corrected chi connectivity index (χ2v) is 5.56. The lowest BCUT2D eigenvalue weighted by molar-refractivity contribution is -0.147. The summed E-state index contributed by atoms with van der Waals surface area (Å²) in [4.78, 5) is 25.0. The average Bonchev–Trinajstić information content (AvgIpc) is 3.19. The van der Waals surface area contributed by atoms with Crippen molar-refractivity contribution in [2.45, 2.75) is 32.6 Å². The van der Waals surface area contributed by atoms with Gasteiger partial charge in [0.15, 0.2) is 0 Å². The number of carbonyl (C=O) groups excluding carboxylic acids is 1. The van der Waals surface area contributed by atoms with E-state index >= 15 is 0 Å². The first kappa shape index (κ1) is 14.6. The van der Waals surface area contributed by atoms with Crippen molar-refractivity contribution in [3.05, 3.63) is 35.9 Å². The Hall–Kier alpha value is -1.84. The van der Waals surface area contributed by atoms with E-state index in [9.17, 15) is 9.59 Å². The van der Waals surface area contributed by atoms with E-state index < -0.39 is 5.97 Å². The van der Waals surface area contributed by atoms with E-state index in [-0.39, 0.29) is 17.9 Å². The van der Waals surface area contributed by atoms with E-state index in [1.165, 1.54) is 4.90 Å². The Labute approximate surface area is 119 Å². The van der Waals surface area contributed by atoms with Crippen molar-refractivity contribution < 1.29 is 14.7 Å². The molecule has 20 heavy (non-hydrogen) atoms. The Kier molecular flexibility index (Phi) is 4.42. The molecular weight excluding hydrogens is 254 g/mol. The van der Waals surface area contributed by atoms with E-state index in [1.54, 1.807) is 0 Å². The molecule has 0 atom stereocenters. The number of hydrogen-bond donors (Lipinski definition) is 1. The number of amides is 1. The molecule has 1 aliphatic rings. The van der Waals surface area contributed by atoms with Gasteiger partial charge in [0.25, 0.3) is 0 Å². The van der Waals surface area contributed by atoms with Gasteiger partial charge in [-0.15, -0.1) is 0 Å². The number of hydrogen-bond acceptors (Lipinski definition) is 2. The van der Waals surface area contributed by atoms with Crippen LogP contribution in [0.3, 0.4) is 0 Å². The zero-order chi connectivity index (χ0) is 14.6. The van der Waals surface area contributed by atoms with Gasteiger partial charge >= 0.3 is 5.97 Å². The van der Waals surface area contributed by atoms with Crippen LogP contribution in [-0.4, -0.2) is 35.0 Å². The van der Waals surface area contributed by atoms with Crippen LogP contribution in [0.1, 0.15) is 31.7 Å². The molecule has 4 nitrogen and oxygen atoms in total. The predicted molar refractivity (Wildman–Crippen MR) is 76.3 cm³/mol. The second-order valence-electron chi connectivity index (χ2n) is 5.56. The molecule has 1 N–H and O–H groups in total. The molecule has 0 unspecified atom stereocenters. The minimum Gasteiger partial charge on any atom is -0.480 e. The van der Waals surface area contributed by atoms with Crippen LogP contribution in [0.15, 0.2) is 30.3 Å². The normalized spacial score (nSPS) is 15.7. The quantitative estimate of drug-likeness (QED) is 0.831. The van der Waals surface area contributed by atoms with Crippen molar-refractivity contribution in [2.75, 3.05) is 13.1 Å². The van der Waals surface area contributed by atoms with Gasteiger partial charge in [-0.2, -0.15) is 0 Å². The van der Waals surface area contributed by atoms with Gasteiger partial charge in [0.2, 0.25) is 5.91 Å². The van der Waals surface area contributed by atoms with E-state index in [0.29, 0.717) is 13.0 Å². The van der Waals surface area contributed by atoms with Gasteiger partial charge < -0.3 is 10.0 Å². The molecule has 1 amide bonds. The monoisotopic (exact) mass is 275 g/mol. The fraction of sp³-hybridized carbons (Fsp3) is 0.500. The lowest BCUT2D eigenvalue weighted by Crippen LogP contribution is -2.41. The molecule has 0 aliphatic heterocycles. The van der Waals surface area contributed by atoms with Crippen molar-refractivity contribution >= 4 is 11.9 Å². The number of carboxylic acid groups (broad SMARTS) is 1. The van der Waals surface area contributed by atoms with Crippen LogP contribution < -0.4 is 0 Å². The lowest BCUT2D eigenvalue weighted by Gasteiger charge is -2.25. The lowest BCUT2D eigenvalue weighted by atomic mass is 9.95. The molecule has 0 heterocycles. The van der Waals surface area contributed by atoms with Crippen LogP contribution >= 0.6 is 0 Å². The van der Waals surface area contributed by atoms with E-state index in [0.717, 1.165) is 24.8 Å². The summed E-state index contributed by atoms with van der Waals surface area (Å²) in [6.07, 6.45) is 3.22. The van der Waals surface area contributed by atoms with Crippen LogP contribution in [0, 0.1) is 5.41 Å². The second kappa shape index (κ2) is 6.07. The highest BCUT2D eigenvalue weighted by Gasteiger charge is 2.51. The van der Waals surface area contributed by atoms with Crippen molar-refractivity contribution in [3.63, 3.8) is 0 Å². The molecule has 2 rings (SSSR count). The molecule has 1 aliphatic carbocycles. The van der Waals surface area contributed by atoms with Gasteiger partial charge in [0, 0.05) is 6.54 Å². The SMILES string of the molecule is CCCN(CC(=O)O)C(=O)C1(Cc2ccccc2)CC1. The third kappa shape index (κ3) is 3.38. The number of nitrogens with zero attached hydrogens (tertiary/aromatic N) is 1. The van der Waals surface area contributed by atoms with Gasteiger partial charge in [-0.1, -0.05) is 37.3 Å². The molecule has 4 heteroatoms. The molecule has 0 spiro atoms. The molecular formula is C16H21NO3. The van der Waals surface area contributed by atoms with Crippen LogP contribution in [0.2, 0.25) is 0 Å². The Morgan fingerprint density at radius 1 is 1.25 bits per heavy atom. The summed E-state index contributed by atoms with van der Waals surface area (Å²) in [5.41, 5.74) is 0.788. The maximum Gasteiger partial charge on any atom is 0.323 e. The molecule has 0 saturated heterocycles. The summed E-state index contributed by atoms with van der Waals surface area (Å²) >= 11 is 0. The summed E-state index contributed by atoms with van der Waals surface area (Å²) in [5.74, 6) is -0.937. The highest BCUT2D eigenvalue weighted by Crippen LogP contribution is 2.49. The van der Waals surface area contributed by atoms with Gasteiger partial charge in [-0.25, -0.2) is 0 Å². The third-order valence-corrected chi connectivity index (χ3v) is 3.80. The number of carbonyl (C=O) groups is 2. The minimum atomic E-state index is -0.942. The van der Waals surface area contributed by atoms with Crippen LogP contribution in [0.25, 0.3) is 0 Å². The Morgan fingerprint density at radius 3 is 2.40 bits per heavy atom.